The van der Waals surface area contributed by atoms with E-state index in [0.29, 0.717) is 5.82 Å². The maximum atomic E-state index is 12.3. The van der Waals surface area contributed by atoms with Gasteiger partial charge in [-0.25, -0.2) is 4.98 Å². The van der Waals surface area contributed by atoms with Crippen molar-refractivity contribution in [1.29, 1.82) is 0 Å². The minimum Gasteiger partial charge on any atom is -0.315 e. The van der Waals surface area contributed by atoms with Crippen LogP contribution in [0, 0.1) is 0 Å². The summed E-state index contributed by atoms with van der Waals surface area (Å²) < 4.78 is 0. The molecular formula is C12H17N5O3. The number of piperazine rings is 1. The monoisotopic (exact) mass is 279 g/mol. The molecule has 0 radical (unpaired) electrons. The van der Waals surface area contributed by atoms with Crippen LogP contribution in [0.15, 0.2) is 0 Å². The second kappa shape index (κ2) is 4.69. The van der Waals surface area contributed by atoms with Gasteiger partial charge in [0.05, 0.1) is 0 Å². The van der Waals surface area contributed by atoms with E-state index < -0.39 is 23.8 Å². The largest absolute Gasteiger partial charge is 0.315 e. The fraction of sp³-hybridized carbons (Fsp3) is 0.583. The van der Waals surface area contributed by atoms with Crippen molar-refractivity contribution in [2.75, 3.05) is 6.54 Å². The third-order valence-corrected chi connectivity index (χ3v) is 3.07. The molecule has 0 spiro atoms. The molecule has 8 nitrogen and oxygen atoms in total. The lowest BCUT2D eigenvalue weighted by molar-refractivity contribution is -0.138. The first-order chi connectivity index (χ1) is 9.20. The fourth-order valence-electron chi connectivity index (χ4n) is 1.78. The molecule has 0 saturated carbocycles. The molecule has 1 aromatic heterocycles. The molecule has 20 heavy (non-hydrogen) atoms. The fourth-order valence-corrected chi connectivity index (χ4v) is 1.78. The van der Waals surface area contributed by atoms with Crippen molar-refractivity contribution in [2.45, 2.75) is 39.2 Å². The maximum Gasteiger partial charge on any atom is 0.294 e. The second-order valence-corrected chi connectivity index (χ2v) is 5.78. The zero-order valence-corrected chi connectivity index (χ0v) is 11.9. The summed E-state index contributed by atoms with van der Waals surface area (Å²) in [4.78, 5) is 40.5. The molecule has 2 rings (SSSR count). The van der Waals surface area contributed by atoms with Gasteiger partial charge in [-0.1, -0.05) is 20.8 Å². The van der Waals surface area contributed by atoms with Crippen molar-refractivity contribution in [3.05, 3.63) is 11.6 Å². The zero-order valence-electron chi connectivity index (χ0n) is 11.9. The van der Waals surface area contributed by atoms with Gasteiger partial charge in [0.1, 0.15) is 18.4 Å². The van der Waals surface area contributed by atoms with Gasteiger partial charge in [-0.15, -0.1) is 5.10 Å². The van der Waals surface area contributed by atoms with Gasteiger partial charge >= 0.3 is 0 Å². The van der Waals surface area contributed by atoms with Gasteiger partial charge in [0, 0.05) is 5.41 Å². The van der Waals surface area contributed by atoms with E-state index in [4.69, 9.17) is 0 Å². The van der Waals surface area contributed by atoms with E-state index in [9.17, 15) is 14.4 Å². The number of aromatic amines is 1. The van der Waals surface area contributed by atoms with Crippen LogP contribution in [0.3, 0.4) is 0 Å². The SMILES string of the molecule is CC1C(=O)NC(=O)CN1C(=O)c1n[nH]c(C(C)(C)C)n1. The number of carbonyl (C=O) groups is 3. The predicted molar refractivity (Wildman–Crippen MR) is 68.7 cm³/mol. The molecule has 1 saturated heterocycles. The first-order valence-electron chi connectivity index (χ1n) is 6.27. The topological polar surface area (TPSA) is 108 Å². The average Bonchev–Trinajstić information content (AvgIpc) is 2.82. The average molecular weight is 279 g/mol. The summed E-state index contributed by atoms with van der Waals surface area (Å²) in [6.45, 7) is 7.18. The van der Waals surface area contributed by atoms with Crippen LogP contribution < -0.4 is 5.32 Å². The van der Waals surface area contributed by atoms with Crippen molar-refractivity contribution < 1.29 is 14.4 Å². The van der Waals surface area contributed by atoms with Crippen LogP contribution in [0.5, 0.6) is 0 Å². The Morgan fingerprint density at radius 2 is 2.00 bits per heavy atom. The van der Waals surface area contributed by atoms with Gasteiger partial charge in [-0.3, -0.25) is 24.8 Å². The van der Waals surface area contributed by atoms with E-state index in [1.54, 1.807) is 6.92 Å². The number of nitrogens with one attached hydrogen (secondary N) is 2. The number of rotatable bonds is 1. The molecule has 1 atom stereocenters. The highest BCUT2D eigenvalue weighted by atomic mass is 16.2. The molecular weight excluding hydrogens is 262 g/mol. The van der Waals surface area contributed by atoms with Crippen LogP contribution in [-0.2, 0) is 15.0 Å². The summed E-state index contributed by atoms with van der Waals surface area (Å²) in [5.74, 6) is -1.01. The Morgan fingerprint density at radius 1 is 1.35 bits per heavy atom. The van der Waals surface area contributed by atoms with E-state index >= 15 is 0 Å². The molecule has 0 aromatic carbocycles. The lowest BCUT2D eigenvalue weighted by Gasteiger charge is -2.30. The number of nitrogens with zero attached hydrogens (tertiary/aromatic N) is 3. The van der Waals surface area contributed by atoms with E-state index in [-0.39, 0.29) is 17.8 Å². The quantitative estimate of drug-likeness (QED) is 0.679. The third-order valence-electron chi connectivity index (χ3n) is 3.07. The summed E-state index contributed by atoms with van der Waals surface area (Å²) >= 11 is 0. The Morgan fingerprint density at radius 3 is 2.55 bits per heavy atom. The minimum atomic E-state index is -0.725. The van der Waals surface area contributed by atoms with Crippen molar-refractivity contribution in [1.82, 2.24) is 25.4 Å². The molecule has 3 amide bonds. The lowest BCUT2D eigenvalue weighted by Crippen LogP contribution is -2.58. The van der Waals surface area contributed by atoms with Gasteiger partial charge < -0.3 is 4.90 Å². The Labute approximate surface area is 115 Å². The van der Waals surface area contributed by atoms with Gasteiger partial charge in [-0.05, 0) is 6.92 Å². The number of H-pyrrole nitrogens is 1. The summed E-state index contributed by atoms with van der Waals surface area (Å²) in [6.07, 6.45) is 0. The first-order valence-corrected chi connectivity index (χ1v) is 6.27. The predicted octanol–water partition coefficient (Wildman–Crippen LogP) is -0.411. The van der Waals surface area contributed by atoms with Crippen molar-refractivity contribution in [3.63, 3.8) is 0 Å². The number of carbonyl (C=O) groups excluding carboxylic acids is 3. The van der Waals surface area contributed by atoms with Crippen molar-refractivity contribution in [2.24, 2.45) is 0 Å². The molecule has 0 bridgehead atoms. The Hall–Kier alpha value is -2.25. The Balaban J connectivity index is 2.24. The molecule has 1 aliphatic rings. The number of imide groups is 1. The molecule has 1 aromatic rings. The van der Waals surface area contributed by atoms with Gasteiger partial charge in [0.15, 0.2) is 0 Å². The van der Waals surface area contributed by atoms with Crippen molar-refractivity contribution in [3.8, 4) is 0 Å². The summed E-state index contributed by atoms with van der Waals surface area (Å²) in [6, 6.07) is -0.725. The van der Waals surface area contributed by atoms with E-state index in [1.165, 1.54) is 0 Å². The minimum absolute atomic E-state index is 0.0377. The van der Waals surface area contributed by atoms with Crippen LogP contribution in [-0.4, -0.2) is 50.4 Å². The molecule has 1 fully saturated rings. The van der Waals surface area contributed by atoms with E-state index in [2.05, 4.69) is 20.5 Å². The van der Waals surface area contributed by atoms with Crippen LogP contribution in [0.1, 0.15) is 44.1 Å². The standard InChI is InChI=1S/C12H17N5O3/c1-6-9(19)13-7(18)5-17(6)10(20)8-14-11(16-15-8)12(2,3)4/h6H,5H2,1-4H3,(H,13,18,19)(H,14,15,16). The number of hydrogen-bond donors (Lipinski definition) is 2. The Bertz CT molecular complexity index is 572. The highest BCUT2D eigenvalue weighted by Crippen LogP contribution is 2.18. The highest BCUT2D eigenvalue weighted by molar-refractivity contribution is 6.06. The van der Waals surface area contributed by atoms with Gasteiger partial charge in [0.2, 0.25) is 17.6 Å². The van der Waals surface area contributed by atoms with E-state index in [0.717, 1.165) is 4.90 Å². The normalized spacial score (nSPS) is 20.0. The van der Waals surface area contributed by atoms with Crippen LogP contribution in [0.25, 0.3) is 0 Å². The van der Waals surface area contributed by atoms with Gasteiger partial charge in [-0.2, -0.15) is 0 Å². The zero-order chi connectivity index (χ0) is 15.1. The van der Waals surface area contributed by atoms with Gasteiger partial charge in [0.25, 0.3) is 5.91 Å². The molecule has 0 aliphatic carbocycles. The highest BCUT2D eigenvalue weighted by Gasteiger charge is 2.36. The molecule has 8 heteroatoms. The summed E-state index contributed by atoms with van der Waals surface area (Å²) in [5, 5.41) is 8.76. The van der Waals surface area contributed by atoms with Crippen LogP contribution in [0.4, 0.5) is 0 Å². The lowest BCUT2D eigenvalue weighted by atomic mass is 9.96. The number of aromatic nitrogens is 3. The summed E-state index contributed by atoms with van der Waals surface area (Å²) in [7, 11) is 0. The van der Waals surface area contributed by atoms with Crippen LogP contribution in [0.2, 0.25) is 0 Å². The summed E-state index contributed by atoms with van der Waals surface area (Å²) in [5.41, 5.74) is -0.272. The second-order valence-electron chi connectivity index (χ2n) is 5.78. The number of hydrogen-bond acceptors (Lipinski definition) is 5. The molecule has 2 heterocycles. The number of amides is 3. The smallest absolute Gasteiger partial charge is 0.294 e. The van der Waals surface area contributed by atoms with Crippen LogP contribution >= 0.6 is 0 Å². The molecule has 1 unspecified atom stereocenters. The maximum absolute atomic E-state index is 12.3. The molecule has 1 aliphatic heterocycles. The first kappa shape index (κ1) is 14.2. The molecule has 108 valence electrons. The molecule has 2 N–H and O–H groups in total. The third kappa shape index (κ3) is 2.54. The van der Waals surface area contributed by atoms with E-state index in [1.807, 2.05) is 20.8 Å². The Kier molecular flexibility index (Phi) is 3.33. The van der Waals surface area contributed by atoms with Crippen molar-refractivity contribution >= 4 is 17.7 Å².